The molecule has 0 saturated carbocycles. The summed E-state index contributed by atoms with van der Waals surface area (Å²) in [6, 6.07) is 3.62. The summed E-state index contributed by atoms with van der Waals surface area (Å²) in [5.74, 6) is 2.62. The maximum Gasteiger partial charge on any atom is 0.216 e. The Morgan fingerprint density at radius 2 is 1.78 bits per heavy atom. The molecule has 124 valence electrons. The van der Waals surface area contributed by atoms with E-state index < -0.39 is 0 Å². The van der Waals surface area contributed by atoms with Crippen LogP contribution in [0.1, 0.15) is 31.2 Å². The largest absolute Gasteiger partial charge is 0.493 e. The summed E-state index contributed by atoms with van der Waals surface area (Å²) in [6.07, 6.45) is 1.67. The normalized spacial score (nSPS) is 11.2. The molecule has 0 fully saturated rings. The van der Waals surface area contributed by atoms with E-state index >= 15 is 0 Å². The number of methoxy groups -OCH3 is 3. The molecular formula is C15H20N4O3S. The van der Waals surface area contributed by atoms with Gasteiger partial charge in [0, 0.05) is 11.5 Å². The molecule has 2 aromatic rings. The Labute approximate surface area is 139 Å². The van der Waals surface area contributed by atoms with Crippen LogP contribution in [0.15, 0.2) is 17.2 Å². The number of benzene rings is 1. The number of H-pyrrole nitrogens is 1. The molecule has 0 bridgehead atoms. The molecule has 0 atom stereocenters. The topological polar surface area (TPSA) is 73.7 Å². The second-order valence-electron chi connectivity index (χ2n) is 5.06. The second kappa shape index (κ2) is 7.28. The van der Waals surface area contributed by atoms with E-state index in [-0.39, 0.29) is 5.92 Å². The summed E-state index contributed by atoms with van der Waals surface area (Å²) in [5, 5.41) is 11.3. The average molecular weight is 336 g/mol. The lowest BCUT2D eigenvalue weighted by molar-refractivity contribution is 0.324. The maximum absolute atomic E-state index is 5.33. The third-order valence-corrected chi connectivity index (χ3v) is 3.47. The zero-order valence-electron chi connectivity index (χ0n) is 13.8. The number of aromatic nitrogens is 3. The summed E-state index contributed by atoms with van der Waals surface area (Å²) in [7, 11) is 4.70. The van der Waals surface area contributed by atoms with E-state index in [0.717, 1.165) is 11.4 Å². The number of nitrogens with zero attached hydrogens (tertiary/aromatic N) is 3. The zero-order valence-corrected chi connectivity index (χ0v) is 14.6. The number of ether oxygens (including phenoxy) is 3. The molecule has 0 radical (unpaired) electrons. The van der Waals surface area contributed by atoms with E-state index in [1.165, 1.54) is 0 Å². The highest BCUT2D eigenvalue weighted by Crippen LogP contribution is 2.37. The van der Waals surface area contributed by atoms with Gasteiger partial charge in [0.05, 0.1) is 27.5 Å². The Morgan fingerprint density at radius 3 is 2.26 bits per heavy atom. The number of rotatable bonds is 6. The van der Waals surface area contributed by atoms with Gasteiger partial charge < -0.3 is 14.2 Å². The van der Waals surface area contributed by atoms with Gasteiger partial charge in [0.25, 0.3) is 0 Å². The lowest BCUT2D eigenvalue weighted by Crippen LogP contribution is -2.01. The van der Waals surface area contributed by atoms with E-state index in [2.05, 4.69) is 15.3 Å². The van der Waals surface area contributed by atoms with Crippen molar-refractivity contribution < 1.29 is 14.2 Å². The van der Waals surface area contributed by atoms with Gasteiger partial charge in [-0.3, -0.25) is 5.10 Å². The molecular weight excluding hydrogens is 316 g/mol. The molecule has 1 aromatic heterocycles. The van der Waals surface area contributed by atoms with Gasteiger partial charge in [0.15, 0.2) is 17.3 Å². The van der Waals surface area contributed by atoms with Gasteiger partial charge >= 0.3 is 0 Å². The molecule has 7 nitrogen and oxygen atoms in total. The van der Waals surface area contributed by atoms with Gasteiger partial charge in [-0.1, -0.05) is 13.8 Å². The van der Waals surface area contributed by atoms with Crippen molar-refractivity contribution in [2.75, 3.05) is 21.3 Å². The first-order chi connectivity index (χ1) is 11.0. The van der Waals surface area contributed by atoms with Crippen molar-refractivity contribution in [3.8, 4) is 17.2 Å². The molecule has 8 heteroatoms. The van der Waals surface area contributed by atoms with Gasteiger partial charge in [-0.2, -0.15) is 14.9 Å². The third kappa shape index (κ3) is 3.53. The first kappa shape index (κ1) is 17.0. The summed E-state index contributed by atoms with van der Waals surface area (Å²) in [5.41, 5.74) is 0.789. The van der Waals surface area contributed by atoms with Gasteiger partial charge in [0.2, 0.25) is 10.5 Å². The fraction of sp³-hybridized carbons (Fsp3) is 0.400. The van der Waals surface area contributed by atoms with Crippen LogP contribution in [-0.4, -0.2) is 42.4 Å². The average Bonchev–Trinajstić information content (AvgIpc) is 2.92. The fourth-order valence-corrected chi connectivity index (χ4v) is 2.28. The SMILES string of the molecule is COc1cc(/C=N/n2c(C(C)C)n[nH]c2=S)cc(OC)c1OC. The van der Waals surface area contributed by atoms with Crippen molar-refractivity contribution in [2.24, 2.45) is 5.10 Å². The summed E-state index contributed by atoms with van der Waals surface area (Å²) < 4.78 is 18.0. The zero-order chi connectivity index (χ0) is 17.0. The fourth-order valence-electron chi connectivity index (χ4n) is 2.09. The molecule has 0 amide bonds. The highest BCUT2D eigenvalue weighted by Gasteiger charge is 2.13. The first-order valence-electron chi connectivity index (χ1n) is 7.03. The number of aromatic amines is 1. The van der Waals surface area contributed by atoms with Crippen LogP contribution in [0.4, 0.5) is 0 Å². The van der Waals surface area contributed by atoms with Gasteiger partial charge in [-0.25, -0.2) is 0 Å². The van der Waals surface area contributed by atoms with Crippen molar-refractivity contribution in [3.63, 3.8) is 0 Å². The molecule has 0 aliphatic carbocycles. The molecule has 1 N–H and O–H groups in total. The van der Waals surface area contributed by atoms with Crippen LogP contribution in [0.2, 0.25) is 0 Å². The Bertz CT molecular complexity index is 739. The van der Waals surface area contributed by atoms with Crippen LogP contribution in [0.3, 0.4) is 0 Å². The van der Waals surface area contributed by atoms with Crippen molar-refractivity contribution >= 4 is 18.4 Å². The molecule has 1 heterocycles. The van der Waals surface area contributed by atoms with E-state index in [1.54, 1.807) is 32.2 Å². The highest BCUT2D eigenvalue weighted by molar-refractivity contribution is 7.71. The second-order valence-corrected chi connectivity index (χ2v) is 5.44. The van der Waals surface area contributed by atoms with Crippen molar-refractivity contribution in [1.82, 2.24) is 14.9 Å². The molecule has 1 aromatic carbocycles. The third-order valence-electron chi connectivity index (χ3n) is 3.20. The summed E-state index contributed by atoms with van der Waals surface area (Å²) in [4.78, 5) is 0. The molecule has 0 aliphatic heterocycles. The van der Waals surface area contributed by atoms with E-state index in [4.69, 9.17) is 26.4 Å². The lowest BCUT2D eigenvalue weighted by Gasteiger charge is -2.12. The number of hydrogen-bond donors (Lipinski definition) is 1. The Hall–Kier alpha value is -2.35. The van der Waals surface area contributed by atoms with Crippen molar-refractivity contribution in [3.05, 3.63) is 28.3 Å². The quantitative estimate of drug-likeness (QED) is 0.648. The van der Waals surface area contributed by atoms with Gasteiger partial charge in [0.1, 0.15) is 0 Å². The highest BCUT2D eigenvalue weighted by atomic mass is 32.1. The Kier molecular flexibility index (Phi) is 5.38. The summed E-state index contributed by atoms with van der Waals surface area (Å²) in [6.45, 7) is 4.05. The maximum atomic E-state index is 5.33. The van der Waals surface area contributed by atoms with E-state index in [0.29, 0.717) is 22.0 Å². The molecule has 0 unspecified atom stereocenters. The Balaban J connectivity index is 2.44. The van der Waals surface area contributed by atoms with Gasteiger partial charge in [-0.05, 0) is 24.4 Å². The Morgan fingerprint density at radius 1 is 1.17 bits per heavy atom. The van der Waals surface area contributed by atoms with E-state index in [1.807, 2.05) is 26.0 Å². The number of hydrogen-bond acceptors (Lipinski definition) is 6. The molecule has 0 saturated heterocycles. The minimum atomic E-state index is 0.194. The van der Waals surface area contributed by atoms with Crippen molar-refractivity contribution in [1.29, 1.82) is 0 Å². The van der Waals surface area contributed by atoms with E-state index in [9.17, 15) is 0 Å². The van der Waals surface area contributed by atoms with Crippen LogP contribution in [0.5, 0.6) is 17.2 Å². The molecule has 2 rings (SSSR count). The molecule has 0 spiro atoms. The smallest absolute Gasteiger partial charge is 0.216 e. The van der Waals surface area contributed by atoms with Crippen LogP contribution in [0, 0.1) is 4.77 Å². The van der Waals surface area contributed by atoms with Crippen LogP contribution in [-0.2, 0) is 0 Å². The van der Waals surface area contributed by atoms with Crippen LogP contribution >= 0.6 is 12.2 Å². The first-order valence-corrected chi connectivity index (χ1v) is 7.44. The molecule has 23 heavy (non-hydrogen) atoms. The van der Waals surface area contributed by atoms with Crippen molar-refractivity contribution in [2.45, 2.75) is 19.8 Å². The lowest BCUT2D eigenvalue weighted by atomic mass is 10.2. The van der Waals surface area contributed by atoms with Crippen LogP contribution in [0.25, 0.3) is 0 Å². The summed E-state index contributed by atoms with van der Waals surface area (Å²) >= 11 is 5.21. The predicted octanol–water partition coefficient (Wildman–Crippen LogP) is 2.97. The number of nitrogens with one attached hydrogen (secondary N) is 1. The van der Waals surface area contributed by atoms with Gasteiger partial charge in [-0.15, -0.1) is 0 Å². The minimum Gasteiger partial charge on any atom is -0.493 e. The molecule has 0 aliphatic rings. The monoisotopic (exact) mass is 336 g/mol. The van der Waals surface area contributed by atoms with Crippen LogP contribution < -0.4 is 14.2 Å². The minimum absolute atomic E-state index is 0.194. The predicted molar refractivity (Wildman–Crippen MR) is 90.6 cm³/mol. The standard InChI is InChI=1S/C15H20N4O3S/c1-9(2)14-17-18-15(23)19(14)16-8-10-6-11(20-3)13(22-5)12(7-10)21-4/h6-9H,1-5H3,(H,18,23)/b16-8+.